The van der Waals surface area contributed by atoms with Gasteiger partial charge in [-0.05, 0) is 35.9 Å². The van der Waals surface area contributed by atoms with Gasteiger partial charge < -0.3 is 4.74 Å². The SMILES string of the molecule is COc1ccc(CN2N=N[C@H]3C(=O)N(c4cccc(Cl)c4)C(=O)[C@@H]32)cc1. The predicted octanol–water partition coefficient (Wildman–Crippen LogP) is 2.84. The van der Waals surface area contributed by atoms with E-state index in [1.807, 2.05) is 24.3 Å². The zero-order valence-electron chi connectivity index (χ0n) is 13.9. The average molecular weight is 371 g/mol. The molecule has 1 fully saturated rings. The molecule has 0 saturated carbocycles. The lowest BCUT2D eigenvalue weighted by atomic mass is 10.1. The molecule has 4 rings (SSSR count). The van der Waals surface area contributed by atoms with Crippen molar-refractivity contribution in [2.75, 3.05) is 12.0 Å². The highest BCUT2D eigenvalue weighted by atomic mass is 35.5. The molecule has 0 bridgehead atoms. The minimum Gasteiger partial charge on any atom is -0.497 e. The first-order chi connectivity index (χ1) is 12.6. The number of nitrogens with zero attached hydrogens (tertiary/aromatic N) is 4. The van der Waals surface area contributed by atoms with E-state index in [1.165, 1.54) is 0 Å². The summed E-state index contributed by atoms with van der Waals surface area (Å²) >= 11 is 5.99. The van der Waals surface area contributed by atoms with Gasteiger partial charge in [-0.2, -0.15) is 5.11 Å². The molecule has 0 aliphatic carbocycles. The Balaban J connectivity index is 1.57. The Morgan fingerprint density at radius 2 is 1.88 bits per heavy atom. The van der Waals surface area contributed by atoms with Crippen LogP contribution >= 0.6 is 11.6 Å². The molecule has 2 aromatic rings. The van der Waals surface area contributed by atoms with Gasteiger partial charge in [0.2, 0.25) is 0 Å². The molecule has 2 amide bonds. The molecule has 2 aromatic carbocycles. The first-order valence-electron chi connectivity index (χ1n) is 8.02. The standard InChI is InChI=1S/C18H15ClN4O3/c1-26-14-7-5-11(6-8-14)10-22-16-15(20-21-22)17(24)23(18(16)25)13-4-2-3-12(19)9-13/h2-9,15-16H,10H2,1H3/t15-,16-/m1/s1. The fourth-order valence-electron chi connectivity index (χ4n) is 3.14. The van der Waals surface area contributed by atoms with Gasteiger partial charge in [0.05, 0.1) is 19.3 Å². The van der Waals surface area contributed by atoms with Gasteiger partial charge in [0.15, 0.2) is 12.1 Å². The Kier molecular flexibility index (Phi) is 4.08. The second-order valence-corrected chi connectivity index (χ2v) is 6.47. The third kappa shape index (κ3) is 2.70. The largest absolute Gasteiger partial charge is 0.497 e. The summed E-state index contributed by atoms with van der Waals surface area (Å²) in [7, 11) is 1.60. The van der Waals surface area contributed by atoms with E-state index in [1.54, 1.807) is 36.4 Å². The number of carbonyl (C=O) groups is 2. The van der Waals surface area contributed by atoms with Crippen molar-refractivity contribution in [1.29, 1.82) is 0 Å². The molecule has 26 heavy (non-hydrogen) atoms. The number of methoxy groups -OCH3 is 1. The first-order valence-corrected chi connectivity index (χ1v) is 8.40. The predicted molar refractivity (Wildman–Crippen MR) is 94.9 cm³/mol. The lowest BCUT2D eigenvalue weighted by molar-refractivity contribution is -0.123. The van der Waals surface area contributed by atoms with E-state index in [0.29, 0.717) is 17.3 Å². The first kappa shape index (κ1) is 16.5. The molecule has 2 atom stereocenters. The number of carbonyl (C=O) groups excluding carboxylic acids is 2. The van der Waals surface area contributed by atoms with Crippen LogP contribution in [0, 0.1) is 0 Å². The normalized spacial score (nSPS) is 21.5. The van der Waals surface area contributed by atoms with Crippen molar-refractivity contribution in [3.05, 3.63) is 59.1 Å². The number of amides is 2. The monoisotopic (exact) mass is 370 g/mol. The van der Waals surface area contributed by atoms with E-state index in [0.717, 1.165) is 16.2 Å². The molecule has 2 heterocycles. The van der Waals surface area contributed by atoms with Gasteiger partial charge in [-0.1, -0.05) is 35.0 Å². The van der Waals surface area contributed by atoms with Crippen molar-refractivity contribution < 1.29 is 14.3 Å². The minimum absolute atomic E-state index is 0.347. The molecule has 1 saturated heterocycles. The number of halogens is 1. The number of benzene rings is 2. The van der Waals surface area contributed by atoms with E-state index >= 15 is 0 Å². The summed E-state index contributed by atoms with van der Waals surface area (Å²) in [4.78, 5) is 26.7. The average Bonchev–Trinajstić information content (AvgIpc) is 3.16. The molecule has 0 radical (unpaired) electrons. The molecule has 8 heteroatoms. The molecule has 0 spiro atoms. The minimum atomic E-state index is -0.820. The molecule has 0 N–H and O–H groups in total. The molecule has 2 aliphatic rings. The molecule has 7 nitrogen and oxygen atoms in total. The second kappa shape index (κ2) is 6.42. The lowest BCUT2D eigenvalue weighted by Gasteiger charge is -2.20. The second-order valence-electron chi connectivity index (χ2n) is 6.03. The fourth-order valence-corrected chi connectivity index (χ4v) is 3.33. The van der Waals surface area contributed by atoms with Crippen molar-refractivity contribution >= 4 is 29.1 Å². The summed E-state index contributed by atoms with van der Waals surface area (Å²) < 4.78 is 5.14. The zero-order valence-corrected chi connectivity index (χ0v) is 14.6. The topological polar surface area (TPSA) is 74.6 Å². The van der Waals surface area contributed by atoms with Crippen LogP contribution < -0.4 is 9.64 Å². The number of anilines is 1. The maximum absolute atomic E-state index is 12.9. The van der Waals surface area contributed by atoms with Gasteiger partial charge >= 0.3 is 0 Å². The van der Waals surface area contributed by atoms with E-state index in [-0.39, 0.29) is 11.8 Å². The fraction of sp³-hybridized carbons (Fsp3) is 0.222. The van der Waals surface area contributed by atoms with Crippen LogP contribution in [-0.4, -0.2) is 36.0 Å². The van der Waals surface area contributed by atoms with Gasteiger partial charge in [-0.15, -0.1) is 0 Å². The van der Waals surface area contributed by atoms with E-state index in [4.69, 9.17) is 16.3 Å². The summed E-state index contributed by atoms with van der Waals surface area (Å²) in [6, 6.07) is 12.5. The molecule has 132 valence electrons. The lowest BCUT2D eigenvalue weighted by Crippen LogP contribution is -2.39. The van der Waals surface area contributed by atoms with Gasteiger partial charge in [0.25, 0.3) is 11.8 Å². The molecule has 0 unspecified atom stereocenters. The summed E-state index contributed by atoms with van der Waals surface area (Å²) in [6.07, 6.45) is 0. The van der Waals surface area contributed by atoms with Crippen molar-refractivity contribution in [1.82, 2.24) is 5.01 Å². The summed E-state index contributed by atoms with van der Waals surface area (Å²) in [5.41, 5.74) is 1.38. The quantitative estimate of drug-likeness (QED) is 0.775. The molecular weight excluding hydrogens is 356 g/mol. The number of fused-ring (bicyclic) bond motifs is 1. The number of ether oxygens (including phenoxy) is 1. The molecule has 2 aliphatic heterocycles. The Labute approximate surface area is 154 Å². The highest BCUT2D eigenvalue weighted by Crippen LogP contribution is 2.33. The van der Waals surface area contributed by atoms with Crippen LogP contribution in [0.1, 0.15) is 5.56 Å². The van der Waals surface area contributed by atoms with Crippen molar-refractivity contribution in [3.8, 4) is 5.75 Å². The van der Waals surface area contributed by atoms with Gasteiger partial charge in [-0.25, -0.2) is 4.90 Å². The van der Waals surface area contributed by atoms with Crippen LogP contribution in [0.25, 0.3) is 0 Å². The van der Waals surface area contributed by atoms with Crippen molar-refractivity contribution in [2.24, 2.45) is 10.3 Å². The highest BCUT2D eigenvalue weighted by Gasteiger charge is 2.54. The molecular formula is C18H15ClN4O3. The van der Waals surface area contributed by atoms with Gasteiger partial charge in [-0.3, -0.25) is 14.6 Å². The number of imide groups is 1. The number of hydrogen-bond acceptors (Lipinski definition) is 6. The Hall–Kier alpha value is -2.93. The smallest absolute Gasteiger partial charge is 0.263 e. The third-order valence-corrected chi connectivity index (χ3v) is 4.66. The van der Waals surface area contributed by atoms with Crippen LogP contribution in [0.5, 0.6) is 5.75 Å². The Bertz CT molecular complexity index is 900. The van der Waals surface area contributed by atoms with Crippen molar-refractivity contribution in [3.63, 3.8) is 0 Å². The highest BCUT2D eigenvalue weighted by molar-refractivity contribution is 6.31. The van der Waals surface area contributed by atoms with Crippen LogP contribution in [-0.2, 0) is 16.1 Å². The zero-order chi connectivity index (χ0) is 18.3. The molecule has 0 aromatic heterocycles. The Morgan fingerprint density at radius 1 is 1.12 bits per heavy atom. The van der Waals surface area contributed by atoms with Gasteiger partial charge in [0.1, 0.15) is 5.75 Å². The number of hydrogen-bond donors (Lipinski definition) is 0. The maximum atomic E-state index is 12.9. The van der Waals surface area contributed by atoms with Crippen LogP contribution in [0.2, 0.25) is 5.02 Å². The van der Waals surface area contributed by atoms with E-state index in [9.17, 15) is 9.59 Å². The summed E-state index contributed by atoms with van der Waals surface area (Å²) in [5, 5.41) is 10.1. The third-order valence-electron chi connectivity index (χ3n) is 4.43. The van der Waals surface area contributed by atoms with Crippen LogP contribution in [0.3, 0.4) is 0 Å². The maximum Gasteiger partial charge on any atom is 0.263 e. The van der Waals surface area contributed by atoms with E-state index in [2.05, 4.69) is 10.3 Å². The summed E-state index contributed by atoms with van der Waals surface area (Å²) in [6.45, 7) is 0.372. The van der Waals surface area contributed by atoms with E-state index < -0.39 is 12.1 Å². The Morgan fingerprint density at radius 3 is 2.58 bits per heavy atom. The number of rotatable bonds is 4. The van der Waals surface area contributed by atoms with Crippen molar-refractivity contribution in [2.45, 2.75) is 18.6 Å². The van der Waals surface area contributed by atoms with Crippen LogP contribution in [0.4, 0.5) is 5.69 Å². The van der Waals surface area contributed by atoms with Gasteiger partial charge in [0, 0.05) is 5.02 Å². The summed E-state index contributed by atoms with van der Waals surface area (Å²) in [5.74, 6) is 0.0120. The van der Waals surface area contributed by atoms with Crippen LogP contribution in [0.15, 0.2) is 58.9 Å².